The van der Waals surface area contributed by atoms with Gasteiger partial charge in [0.05, 0.1) is 17.8 Å². The van der Waals surface area contributed by atoms with Crippen molar-refractivity contribution in [1.82, 2.24) is 9.97 Å². The van der Waals surface area contributed by atoms with Gasteiger partial charge < -0.3 is 15.2 Å². The first-order valence-electron chi connectivity index (χ1n) is 7.21. The van der Waals surface area contributed by atoms with Crippen molar-refractivity contribution < 1.29 is 14.3 Å². The molecule has 6 heteroatoms. The van der Waals surface area contributed by atoms with E-state index in [-0.39, 0.29) is 5.97 Å². The molecule has 0 aromatic carbocycles. The van der Waals surface area contributed by atoms with Gasteiger partial charge in [0.2, 0.25) is 5.88 Å². The monoisotopic (exact) mass is 303 g/mol. The van der Waals surface area contributed by atoms with Crippen LogP contribution in [0.4, 0.5) is 5.69 Å². The molecule has 0 radical (unpaired) electrons. The van der Waals surface area contributed by atoms with Crippen molar-refractivity contribution in [3.8, 4) is 5.88 Å². The molecule has 118 valence electrons. The predicted octanol–water partition coefficient (Wildman–Crippen LogP) is 2.71. The normalized spacial score (nSPS) is 11.4. The molecule has 0 amide bonds. The maximum absolute atomic E-state index is 11.6. The third-order valence-corrected chi connectivity index (χ3v) is 2.78. The molecule has 0 spiro atoms. The summed E-state index contributed by atoms with van der Waals surface area (Å²) in [5, 5.41) is 0. The molecular weight excluding hydrogens is 282 g/mol. The maximum Gasteiger partial charge on any atom is 0.306 e. The van der Waals surface area contributed by atoms with E-state index in [1.54, 1.807) is 18.3 Å². The van der Waals surface area contributed by atoms with Crippen LogP contribution in [0.3, 0.4) is 0 Å². The van der Waals surface area contributed by atoms with Crippen LogP contribution in [0.5, 0.6) is 5.88 Å². The minimum absolute atomic E-state index is 0.226. The number of aromatic nitrogens is 2. The second-order valence-electron chi connectivity index (χ2n) is 5.96. The summed E-state index contributed by atoms with van der Waals surface area (Å²) in [7, 11) is 0. The van der Waals surface area contributed by atoms with Crippen LogP contribution in [0.15, 0.2) is 24.4 Å². The Hall–Kier alpha value is -2.37. The molecule has 0 aliphatic carbocycles. The van der Waals surface area contributed by atoms with E-state index in [0.29, 0.717) is 36.5 Å². The molecule has 0 fully saturated rings. The fourth-order valence-corrected chi connectivity index (χ4v) is 1.89. The fraction of sp³-hybridized carbons (Fsp3) is 0.438. The molecule has 2 N–H and O–H groups in total. The topological polar surface area (TPSA) is 87.3 Å². The summed E-state index contributed by atoms with van der Waals surface area (Å²) in [5.41, 5.74) is 7.30. The second kappa shape index (κ2) is 6.60. The minimum Gasteiger partial charge on any atom is -0.478 e. The van der Waals surface area contributed by atoms with E-state index in [4.69, 9.17) is 15.2 Å². The predicted molar refractivity (Wildman–Crippen MR) is 84.5 cm³/mol. The zero-order chi connectivity index (χ0) is 16.2. The molecule has 6 nitrogen and oxygen atoms in total. The third kappa shape index (κ3) is 4.58. The number of rotatable bonds is 5. The first-order chi connectivity index (χ1) is 10.3. The molecule has 0 aliphatic heterocycles. The van der Waals surface area contributed by atoms with E-state index in [9.17, 15) is 4.79 Å². The van der Waals surface area contributed by atoms with Crippen LogP contribution in [0, 0.1) is 0 Å². The van der Waals surface area contributed by atoms with E-state index in [2.05, 4.69) is 9.97 Å². The number of anilines is 1. The minimum atomic E-state index is -0.456. The summed E-state index contributed by atoms with van der Waals surface area (Å²) in [6.45, 7) is 5.93. The van der Waals surface area contributed by atoms with Crippen LogP contribution in [-0.4, -0.2) is 28.1 Å². The van der Waals surface area contributed by atoms with E-state index in [1.165, 1.54) is 0 Å². The van der Waals surface area contributed by atoms with E-state index >= 15 is 0 Å². The number of carbonyl (C=O) groups is 1. The van der Waals surface area contributed by atoms with Gasteiger partial charge in [0.15, 0.2) is 0 Å². The Morgan fingerprint density at radius 2 is 2.05 bits per heavy atom. The van der Waals surface area contributed by atoms with Crippen molar-refractivity contribution in [2.75, 3.05) is 12.3 Å². The Labute approximate surface area is 129 Å². The summed E-state index contributed by atoms with van der Waals surface area (Å²) in [6, 6.07) is 5.24. The lowest BCUT2D eigenvalue weighted by Crippen LogP contribution is -2.24. The average molecular weight is 303 g/mol. The lowest BCUT2D eigenvalue weighted by molar-refractivity contribution is -0.155. The number of hydrogen-bond acceptors (Lipinski definition) is 6. The van der Waals surface area contributed by atoms with Gasteiger partial charge in [-0.1, -0.05) is 0 Å². The lowest BCUT2D eigenvalue weighted by atomic mass is 10.2. The van der Waals surface area contributed by atoms with Gasteiger partial charge >= 0.3 is 5.97 Å². The summed E-state index contributed by atoms with van der Waals surface area (Å²) in [4.78, 5) is 20.1. The van der Waals surface area contributed by atoms with Gasteiger partial charge in [-0.3, -0.25) is 9.78 Å². The summed E-state index contributed by atoms with van der Waals surface area (Å²) < 4.78 is 10.8. The van der Waals surface area contributed by atoms with Crippen molar-refractivity contribution in [2.45, 2.75) is 39.2 Å². The van der Waals surface area contributed by atoms with E-state index in [1.807, 2.05) is 26.8 Å². The van der Waals surface area contributed by atoms with Crippen LogP contribution in [0.1, 0.15) is 33.6 Å². The van der Waals surface area contributed by atoms with Gasteiger partial charge in [-0.2, -0.15) is 0 Å². The van der Waals surface area contributed by atoms with Crippen molar-refractivity contribution >= 4 is 22.7 Å². The van der Waals surface area contributed by atoms with Crippen LogP contribution < -0.4 is 10.5 Å². The van der Waals surface area contributed by atoms with Gasteiger partial charge in [-0.25, -0.2) is 4.98 Å². The number of pyridine rings is 2. The standard InChI is InChI=1S/C16H21N3O3/c1-16(2,3)22-14(20)5-4-10-21-13-7-6-12-15(19-13)11(17)8-9-18-12/h6-9H,4-5,10H2,1-3H3,(H2,17,18). The Bertz CT molecular complexity index is 665. The lowest BCUT2D eigenvalue weighted by Gasteiger charge is -2.19. The third-order valence-electron chi connectivity index (χ3n) is 2.78. The molecule has 0 saturated carbocycles. The first-order valence-corrected chi connectivity index (χ1v) is 7.21. The summed E-state index contributed by atoms with van der Waals surface area (Å²) >= 11 is 0. The molecule has 2 rings (SSSR count). The number of nitrogens with zero attached hydrogens (tertiary/aromatic N) is 2. The molecule has 0 aliphatic rings. The highest BCUT2D eigenvalue weighted by molar-refractivity contribution is 5.86. The van der Waals surface area contributed by atoms with Gasteiger partial charge in [-0.15, -0.1) is 0 Å². The molecule has 0 atom stereocenters. The van der Waals surface area contributed by atoms with E-state index < -0.39 is 5.60 Å². The molecule has 2 aromatic heterocycles. The van der Waals surface area contributed by atoms with Gasteiger partial charge in [0.1, 0.15) is 11.1 Å². The Balaban J connectivity index is 1.85. The van der Waals surface area contributed by atoms with Gasteiger partial charge in [0, 0.05) is 18.7 Å². The number of fused-ring (bicyclic) bond motifs is 1. The summed E-state index contributed by atoms with van der Waals surface area (Å²) in [6.07, 6.45) is 2.52. The molecule has 0 unspecified atom stereocenters. The highest BCUT2D eigenvalue weighted by Gasteiger charge is 2.15. The highest BCUT2D eigenvalue weighted by atomic mass is 16.6. The van der Waals surface area contributed by atoms with E-state index in [0.717, 1.165) is 5.52 Å². The van der Waals surface area contributed by atoms with Crippen molar-refractivity contribution in [1.29, 1.82) is 0 Å². The zero-order valence-corrected chi connectivity index (χ0v) is 13.1. The van der Waals surface area contributed by atoms with Crippen LogP contribution >= 0.6 is 0 Å². The van der Waals surface area contributed by atoms with Crippen molar-refractivity contribution in [3.63, 3.8) is 0 Å². The van der Waals surface area contributed by atoms with Gasteiger partial charge in [0.25, 0.3) is 0 Å². The zero-order valence-electron chi connectivity index (χ0n) is 13.1. The molecular formula is C16H21N3O3. The Morgan fingerprint density at radius 3 is 2.77 bits per heavy atom. The van der Waals surface area contributed by atoms with Crippen LogP contribution in [0.25, 0.3) is 11.0 Å². The second-order valence-corrected chi connectivity index (χ2v) is 5.96. The molecule has 2 heterocycles. The highest BCUT2D eigenvalue weighted by Crippen LogP contribution is 2.19. The molecule has 2 aromatic rings. The number of carbonyl (C=O) groups excluding carboxylic acids is 1. The Kier molecular flexibility index (Phi) is 4.80. The largest absolute Gasteiger partial charge is 0.478 e. The van der Waals surface area contributed by atoms with Gasteiger partial charge in [-0.05, 0) is 39.3 Å². The Morgan fingerprint density at radius 1 is 1.27 bits per heavy atom. The number of hydrogen-bond donors (Lipinski definition) is 1. The number of nitrogens with two attached hydrogens (primary N) is 1. The molecule has 22 heavy (non-hydrogen) atoms. The van der Waals surface area contributed by atoms with Crippen molar-refractivity contribution in [3.05, 3.63) is 24.4 Å². The maximum atomic E-state index is 11.6. The van der Waals surface area contributed by atoms with Crippen LogP contribution in [0.2, 0.25) is 0 Å². The first kappa shape index (κ1) is 16.0. The fourth-order valence-electron chi connectivity index (χ4n) is 1.89. The average Bonchev–Trinajstić information content (AvgIpc) is 2.42. The quantitative estimate of drug-likeness (QED) is 0.675. The smallest absolute Gasteiger partial charge is 0.306 e. The number of ether oxygens (including phenoxy) is 2. The van der Waals surface area contributed by atoms with Crippen molar-refractivity contribution in [2.24, 2.45) is 0 Å². The molecule has 0 saturated heterocycles. The van der Waals surface area contributed by atoms with Crippen LogP contribution in [-0.2, 0) is 9.53 Å². The summed E-state index contributed by atoms with van der Waals surface area (Å²) in [5.74, 6) is 0.243. The SMILES string of the molecule is CC(C)(C)OC(=O)CCCOc1ccc2nccc(N)c2n1. The molecule has 0 bridgehead atoms. The number of nitrogen functional groups attached to an aromatic ring is 1. The number of esters is 1.